The van der Waals surface area contributed by atoms with Crippen molar-refractivity contribution in [2.24, 2.45) is 0 Å². The van der Waals surface area contributed by atoms with E-state index in [0.717, 1.165) is 44.4 Å². The van der Waals surface area contributed by atoms with Crippen LogP contribution in [0.4, 0.5) is 0 Å². The zero-order chi connectivity index (χ0) is 15.6. The van der Waals surface area contributed by atoms with Crippen LogP contribution in [0, 0.1) is 0 Å². The topological polar surface area (TPSA) is 18.5 Å². The van der Waals surface area contributed by atoms with Crippen LogP contribution in [0.3, 0.4) is 0 Å². The highest BCUT2D eigenvalue weighted by atomic mass is 28.4. The summed E-state index contributed by atoms with van der Waals surface area (Å²) in [6, 6.07) is 10.7. The Morgan fingerprint density at radius 2 is 1.90 bits per heavy atom. The molecular weight excluding hydrogens is 276 g/mol. The van der Waals surface area contributed by atoms with Crippen LogP contribution < -0.4 is 0 Å². The number of aryl methyl sites for hydroxylation is 1. The van der Waals surface area contributed by atoms with Crippen molar-refractivity contribution in [3.05, 3.63) is 42.0 Å². The van der Waals surface area contributed by atoms with Crippen molar-refractivity contribution < 1.29 is 8.85 Å². The second-order valence-electron chi connectivity index (χ2n) is 5.52. The van der Waals surface area contributed by atoms with Gasteiger partial charge in [0.2, 0.25) is 0 Å². The van der Waals surface area contributed by atoms with Crippen molar-refractivity contribution in [3.63, 3.8) is 0 Å². The Morgan fingerprint density at radius 3 is 2.48 bits per heavy atom. The summed E-state index contributed by atoms with van der Waals surface area (Å²) in [5.41, 5.74) is 2.54. The SMILES string of the molecule is C=Cc1cccc(CCCO[Si](CCC)(CCC)OC)c1. The monoisotopic (exact) mass is 306 g/mol. The van der Waals surface area contributed by atoms with E-state index >= 15 is 0 Å². The minimum Gasteiger partial charge on any atom is -0.398 e. The molecule has 1 aromatic rings. The third-order valence-electron chi connectivity index (χ3n) is 3.80. The molecule has 0 saturated heterocycles. The maximum absolute atomic E-state index is 6.23. The molecule has 0 aliphatic carbocycles. The van der Waals surface area contributed by atoms with Gasteiger partial charge in [0.05, 0.1) is 0 Å². The molecule has 2 nitrogen and oxygen atoms in total. The van der Waals surface area contributed by atoms with Gasteiger partial charge < -0.3 is 8.85 Å². The van der Waals surface area contributed by atoms with E-state index in [-0.39, 0.29) is 0 Å². The quantitative estimate of drug-likeness (QED) is 0.414. The summed E-state index contributed by atoms with van der Waals surface area (Å²) in [6.45, 7) is 9.04. The molecule has 21 heavy (non-hydrogen) atoms. The fourth-order valence-corrected chi connectivity index (χ4v) is 5.81. The minimum absolute atomic E-state index is 0.804. The van der Waals surface area contributed by atoms with Crippen LogP contribution in [0.2, 0.25) is 12.1 Å². The number of rotatable bonds is 11. The van der Waals surface area contributed by atoms with Gasteiger partial charge >= 0.3 is 8.56 Å². The molecule has 0 aromatic heterocycles. The van der Waals surface area contributed by atoms with E-state index in [0.29, 0.717) is 0 Å². The van der Waals surface area contributed by atoms with Crippen molar-refractivity contribution in [2.75, 3.05) is 13.7 Å². The van der Waals surface area contributed by atoms with Gasteiger partial charge in [0.1, 0.15) is 0 Å². The molecular formula is C18H30O2Si. The molecule has 1 aromatic carbocycles. The van der Waals surface area contributed by atoms with Crippen LogP contribution >= 0.6 is 0 Å². The lowest BCUT2D eigenvalue weighted by Gasteiger charge is -2.28. The predicted octanol–water partition coefficient (Wildman–Crippen LogP) is 5.19. The van der Waals surface area contributed by atoms with Gasteiger partial charge in [0, 0.05) is 13.7 Å². The molecule has 0 fully saturated rings. The number of benzene rings is 1. The fraction of sp³-hybridized carbons (Fsp3) is 0.556. The first-order valence-electron chi connectivity index (χ1n) is 8.10. The highest BCUT2D eigenvalue weighted by Crippen LogP contribution is 2.22. The zero-order valence-electron chi connectivity index (χ0n) is 13.9. The molecule has 0 heterocycles. The molecule has 0 atom stereocenters. The maximum Gasteiger partial charge on any atom is 0.337 e. The molecule has 0 saturated carbocycles. The molecule has 1 rings (SSSR count). The standard InChI is InChI=1S/C18H30O2Si/c1-5-14-21(19-4,15-6-2)20-13-9-12-18-11-8-10-17(7-3)16-18/h7-8,10-11,16H,3,5-6,9,12-15H2,1-2,4H3. The zero-order valence-corrected chi connectivity index (χ0v) is 14.9. The Hall–Kier alpha value is -0.903. The first-order valence-corrected chi connectivity index (χ1v) is 10.3. The molecule has 0 aliphatic rings. The van der Waals surface area contributed by atoms with E-state index in [1.165, 1.54) is 11.1 Å². The summed E-state index contributed by atoms with van der Waals surface area (Å²) in [7, 11) is -0.117. The van der Waals surface area contributed by atoms with Crippen molar-refractivity contribution in [1.82, 2.24) is 0 Å². The maximum atomic E-state index is 6.23. The summed E-state index contributed by atoms with van der Waals surface area (Å²) in [5, 5.41) is 0. The molecule has 0 amide bonds. The normalized spacial score (nSPS) is 11.6. The van der Waals surface area contributed by atoms with Crippen molar-refractivity contribution in [2.45, 2.75) is 51.6 Å². The Morgan fingerprint density at radius 1 is 1.19 bits per heavy atom. The van der Waals surface area contributed by atoms with E-state index in [2.05, 4.69) is 44.7 Å². The second kappa shape index (κ2) is 9.93. The van der Waals surface area contributed by atoms with E-state index in [9.17, 15) is 0 Å². The number of hydrogen-bond donors (Lipinski definition) is 0. The average molecular weight is 307 g/mol. The van der Waals surface area contributed by atoms with Gasteiger partial charge in [-0.1, -0.05) is 63.6 Å². The van der Waals surface area contributed by atoms with Gasteiger partial charge in [-0.05, 0) is 36.1 Å². The fourth-order valence-electron chi connectivity index (χ4n) is 2.70. The van der Waals surface area contributed by atoms with Gasteiger partial charge in [0.15, 0.2) is 0 Å². The molecule has 118 valence electrons. The van der Waals surface area contributed by atoms with E-state index < -0.39 is 8.56 Å². The molecule has 0 spiro atoms. The van der Waals surface area contributed by atoms with E-state index in [1.807, 2.05) is 13.2 Å². The Bertz CT molecular complexity index is 411. The first kappa shape index (κ1) is 18.1. The van der Waals surface area contributed by atoms with Crippen LogP contribution in [-0.4, -0.2) is 22.3 Å². The molecule has 0 bridgehead atoms. The highest BCUT2D eigenvalue weighted by molar-refractivity contribution is 6.67. The van der Waals surface area contributed by atoms with Gasteiger partial charge in [-0.15, -0.1) is 0 Å². The van der Waals surface area contributed by atoms with E-state index in [4.69, 9.17) is 8.85 Å². The third-order valence-corrected chi connectivity index (χ3v) is 7.79. The van der Waals surface area contributed by atoms with Gasteiger partial charge in [-0.25, -0.2) is 0 Å². The second-order valence-corrected chi connectivity index (χ2v) is 9.03. The minimum atomic E-state index is -1.94. The van der Waals surface area contributed by atoms with Crippen molar-refractivity contribution in [3.8, 4) is 0 Å². The summed E-state index contributed by atoms with van der Waals surface area (Å²) in [6.07, 6.45) is 6.27. The third kappa shape index (κ3) is 6.16. The molecule has 0 N–H and O–H groups in total. The average Bonchev–Trinajstić information content (AvgIpc) is 2.52. The van der Waals surface area contributed by atoms with Gasteiger partial charge in [-0.3, -0.25) is 0 Å². The molecule has 0 radical (unpaired) electrons. The molecule has 0 aliphatic heterocycles. The summed E-state index contributed by atoms with van der Waals surface area (Å²) in [4.78, 5) is 0. The van der Waals surface area contributed by atoms with Gasteiger partial charge in [0.25, 0.3) is 0 Å². The summed E-state index contributed by atoms with van der Waals surface area (Å²) < 4.78 is 12.0. The lowest BCUT2D eigenvalue weighted by Crippen LogP contribution is -2.41. The Balaban J connectivity index is 2.44. The van der Waals surface area contributed by atoms with Crippen LogP contribution in [0.15, 0.2) is 30.8 Å². The smallest absolute Gasteiger partial charge is 0.337 e. The summed E-state index contributed by atoms with van der Waals surface area (Å²) >= 11 is 0. The van der Waals surface area contributed by atoms with Crippen molar-refractivity contribution in [1.29, 1.82) is 0 Å². The Kier molecular flexibility index (Phi) is 8.58. The van der Waals surface area contributed by atoms with Gasteiger partial charge in [-0.2, -0.15) is 0 Å². The highest BCUT2D eigenvalue weighted by Gasteiger charge is 2.34. The Labute approximate surface area is 131 Å². The first-order chi connectivity index (χ1) is 10.2. The summed E-state index contributed by atoms with van der Waals surface area (Å²) in [5.74, 6) is 0. The predicted molar refractivity (Wildman–Crippen MR) is 93.8 cm³/mol. The van der Waals surface area contributed by atoms with Crippen LogP contribution in [0.25, 0.3) is 6.08 Å². The van der Waals surface area contributed by atoms with Crippen molar-refractivity contribution >= 4 is 14.6 Å². The van der Waals surface area contributed by atoms with E-state index in [1.54, 1.807) is 0 Å². The lowest BCUT2D eigenvalue weighted by atomic mass is 10.1. The molecule has 3 heteroatoms. The largest absolute Gasteiger partial charge is 0.398 e. The lowest BCUT2D eigenvalue weighted by molar-refractivity contribution is 0.194. The number of hydrogen-bond acceptors (Lipinski definition) is 2. The van der Waals surface area contributed by atoms with Crippen LogP contribution in [-0.2, 0) is 15.3 Å². The molecule has 0 unspecified atom stereocenters. The van der Waals surface area contributed by atoms with Crippen LogP contribution in [0.1, 0.15) is 44.2 Å². The van der Waals surface area contributed by atoms with Crippen LogP contribution in [0.5, 0.6) is 0 Å².